The molecule has 1 aromatic heterocycles. The van der Waals surface area contributed by atoms with Crippen LogP contribution in [0, 0.1) is 6.92 Å². The van der Waals surface area contributed by atoms with Gasteiger partial charge in [-0.2, -0.15) is 0 Å². The average molecular weight is 462 g/mol. The number of aryl methyl sites for hydroxylation is 1. The second-order valence-corrected chi connectivity index (χ2v) is 9.93. The Morgan fingerprint density at radius 1 is 0.848 bits per heavy atom. The van der Waals surface area contributed by atoms with Gasteiger partial charge >= 0.3 is 0 Å². The number of carbonyl (C=O) groups excluding carboxylic acids is 1. The van der Waals surface area contributed by atoms with Crippen LogP contribution in [0.15, 0.2) is 53.7 Å². The molecule has 2 aromatic carbocycles. The maximum absolute atomic E-state index is 12.6. The summed E-state index contributed by atoms with van der Waals surface area (Å²) in [6, 6.07) is 16.6. The standard InChI is InChI=1S/C26H31N5OS/c1-20-7-13-23(14-8-20)31-25(30-17-3-2-4-18-30)27-28-26(31)33-19-21-9-11-22(12-10-21)24(32)29-15-5-6-16-29/h7-14H,2-6,15-19H2,1H3. The van der Waals surface area contributed by atoms with E-state index in [1.165, 1.54) is 30.4 Å². The van der Waals surface area contributed by atoms with Gasteiger partial charge in [0.1, 0.15) is 0 Å². The van der Waals surface area contributed by atoms with Crippen molar-refractivity contribution >= 4 is 23.6 Å². The first kappa shape index (κ1) is 22.0. The van der Waals surface area contributed by atoms with E-state index in [1.54, 1.807) is 11.8 Å². The number of likely N-dealkylation sites (tertiary alicyclic amines) is 1. The summed E-state index contributed by atoms with van der Waals surface area (Å²) >= 11 is 1.69. The lowest BCUT2D eigenvalue weighted by molar-refractivity contribution is 0.0793. The molecule has 2 aliphatic rings. The number of nitrogens with zero attached hydrogens (tertiary/aromatic N) is 5. The Bertz CT molecular complexity index is 1080. The number of amides is 1. The van der Waals surface area contributed by atoms with Crippen LogP contribution in [0.4, 0.5) is 5.95 Å². The van der Waals surface area contributed by atoms with Gasteiger partial charge in [-0.3, -0.25) is 9.36 Å². The fourth-order valence-corrected chi connectivity index (χ4v) is 5.47. The second-order valence-electron chi connectivity index (χ2n) is 8.99. The maximum atomic E-state index is 12.6. The van der Waals surface area contributed by atoms with Gasteiger partial charge in [-0.05, 0) is 68.9 Å². The molecule has 33 heavy (non-hydrogen) atoms. The highest BCUT2D eigenvalue weighted by Crippen LogP contribution is 2.30. The summed E-state index contributed by atoms with van der Waals surface area (Å²) < 4.78 is 2.20. The minimum atomic E-state index is 0.150. The molecule has 0 N–H and O–H groups in total. The Morgan fingerprint density at radius 2 is 1.52 bits per heavy atom. The molecule has 2 saturated heterocycles. The van der Waals surface area contributed by atoms with Gasteiger partial charge in [0.05, 0.1) is 5.69 Å². The van der Waals surface area contributed by atoms with Crippen molar-refractivity contribution in [3.63, 3.8) is 0 Å². The number of hydrogen-bond acceptors (Lipinski definition) is 5. The van der Waals surface area contributed by atoms with Crippen LogP contribution in [0.1, 0.15) is 53.6 Å². The lowest BCUT2D eigenvalue weighted by Gasteiger charge is -2.27. The fraction of sp³-hybridized carbons (Fsp3) is 0.423. The van der Waals surface area contributed by atoms with E-state index in [0.29, 0.717) is 0 Å². The molecule has 6 nitrogen and oxygen atoms in total. The molecule has 0 aliphatic carbocycles. The number of aromatic nitrogens is 3. The molecule has 0 atom stereocenters. The van der Waals surface area contributed by atoms with Gasteiger partial charge < -0.3 is 9.80 Å². The third-order valence-corrected chi connectivity index (χ3v) is 7.51. The van der Waals surface area contributed by atoms with Gasteiger partial charge in [0.25, 0.3) is 5.91 Å². The summed E-state index contributed by atoms with van der Waals surface area (Å²) in [5, 5.41) is 10.1. The van der Waals surface area contributed by atoms with Crippen molar-refractivity contribution in [3.05, 3.63) is 65.2 Å². The smallest absolute Gasteiger partial charge is 0.253 e. The van der Waals surface area contributed by atoms with Gasteiger partial charge in [0.15, 0.2) is 5.16 Å². The van der Waals surface area contributed by atoms with E-state index >= 15 is 0 Å². The van der Waals surface area contributed by atoms with E-state index in [-0.39, 0.29) is 5.91 Å². The summed E-state index contributed by atoms with van der Waals surface area (Å²) in [5.41, 5.74) is 4.29. The number of hydrogen-bond donors (Lipinski definition) is 0. The third kappa shape index (κ3) is 4.93. The molecule has 0 saturated carbocycles. The molecule has 3 heterocycles. The normalized spacial score (nSPS) is 16.4. The van der Waals surface area contributed by atoms with Crippen LogP contribution in [-0.2, 0) is 5.75 Å². The molecule has 1 amide bonds. The second kappa shape index (κ2) is 10.00. The van der Waals surface area contributed by atoms with E-state index in [4.69, 9.17) is 0 Å². The zero-order chi connectivity index (χ0) is 22.6. The molecule has 7 heteroatoms. The third-order valence-electron chi connectivity index (χ3n) is 6.51. The molecule has 5 rings (SSSR count). The predicted molar refractivity (Wildman–Crippen MR) is 133 cm³/mol. The highest BCUT2D eigenvalue weighted by atomic mass is 32.2. The summed E-state index contributed by atoms with van der Waals surface area (Å²) in [6.45, 7) is 5.92. The monoisotopic (exact) mass is 461 g/mol. The minimum Gasteiger partial charge on any atom is -0.341 e. The molecule has 2 aliphatic heterocycles. The molecule has 2 fully saturated rings. The van der Waals surface area contributed by atoms with Crippen molar-refractivity contribution in [2.45, 2.75) is 49.9 Å². The first-order valence-electron chi connectivity index (χ1n) is 12.0. The van der Waals surface area contributed by atoms with Gasteiger partial charge in [0.2, 0.25) is 5.95 Å². The first-order valence-corrected chi connectivity index (χ1v) is 13.0. The van der Waals surface area contributed by atoms with Crippen molar-refractivity contribution in [1.29, 1.82) is 0 Å². The summed E-state index contributed by atoms with van der Waals surface area (Å²) in [4.78, 5) is 16.9. The topological polar surface area (TPSA) is 54.3 Å². The zero-order valence-corrected chi connectivity index (χ0v) is 20.1. The van der Waals surface area contributed by atoms with E-state index in [2.05, 4.69) is 63.0 Å². The molecule has 0 radical (unpaired) electrons. The summed E-state index contributed by atoms with van der Waals surface area (Å²) in [7, 11) is 0. The molecular weight excluding hydrogens is 430 g/mol. The lowest BCUT2D eigenvalue weighted by Crippen LogP contribution is -2.31. The molecule has 3 aromatic rings. The SMILES string of the molecule is Cc1ccc(-n2c(SCc3ccc(C(=O)N4CCCC4)cc3)nnc2N2CCCCC2)cc1. The molecule has 172 valence electrons. The van der Waals surface area contributed by atoms with Crippen molar-refractivity contribution < 1.29 is 4.79 Å². The van der Waals surface area contributed by atoms with Gasteiger partial charge in [-0.25, -0.2) is 0 Å². The summed E-state index contributed by atoms with van der Waals surface area (Å²) in [6.07, 6.45) is 5.91. The van der Waals surface area contributed by atoms with E-state index in [9.17, 15) is 4.79 Å². The quantitative estimate of drug-likeness (QED) is 0.479. The Kier molecular flexibility index (Phi) is 6.67. The summed E-state index contributed by atoms with van der Waals surface area (Å²) in [5.74, 6) is 1.87. The number of carbonyl (C=O) groups is 1. The maximum Gasteiger partial charge on any atom is 0.253 e. The van der Waals surface area contributed by atoms with Crippen LogP contribution in [-0.4, -0.2) is 51.8 Å². The Morgan fingerprint density at radius 3 is 2.21 bits per heavy atom. The number of anilines is 1. The van der Waals surface area contributed by atoms with E-state index in [0.717, 1.165) is 67.1 Å². The molecular formula is C26H31N5OS. The van der Waals surface area contributed by atoms with Crippen molar-refractivity contribution in [2.24, 2.45) is 0 Å². The largest absolute Gasteiger partial charge is 0.341 e. The molecule has 0 unspecified atom stereocenters. The van der Waals surface area contributed by atoms with Crippen LogP contribution < -0.4 is 4.90 Å². The fourth-order valence-electron chi connectivity index (χ4n) is 4.57. The molecule has 0 spiro atoms. The Hall–Kier alpha value is -2.80. The number of rotatable bonds is 6. The lowest BCUT2D eigenvalue weighted by atomic mass is 10.1. The Labute approximate surface area is 200 Å². The van der Waals surface area contributed by atoms with E-state index < -0.39 is 0 Å². The van der Waals surface area contributed by atoms with Crippen LogP contribution in [0.3, 0.4) is 0 Å². The van der Waals surface area contributed by atoms with Crippen molar-refractivity contribution in [2.75, 3.05) is 31.1 Å². The highest BCUT2D eigenvalue weighted by molar-refractivity contribution is 7.98. The van der Waals surface area contributed by atoms with Gasteiger partial charge in [-0.15, -0.1) is 10.2 Å². The predicted octanol–water partition coefficient (Wildman–Crippen LogP) is 5.09. The van der Waals surface area contributed by atoms with Crippen LogP contribution in [0.5, 0.6) is 0 Å². The van der Waals surface area contributed by atoms with E-state index in [1.807, 2.05) is 17.0 Å². The van der Waals surface area contributed by atoms with Gasteiger partial charge in [-0.1, -0.05) is 41.6 Å². The van der Waals surface area contributed by atoms with Crippen molar-refractivity contribution in [3.8, 4) is 5.69 Å². The Balaban J connectivity index is 1.34. The molecule has 0 bridgehead atoms. The van der Waals surface area contributed by atoms with Crippen LogP contribution in [0.25, 0.3) is 5.69 Å². The number of thioether (sulfide) groups is 1. The van der Waals surface area contributed by atoms with Crippen LogP contribution in [0.2, 0.25) is 0 Å². The highest BCUT2D eigenvalue weighted by Gasteiger charge is 2.22. The first-order chi connectivity index (χ1) is 16.2. The number of benzene rings is 2. The van der Waals surface area contributed by atoms with Crippen LogP contribution >= 0.6 is 11.8 Å². The van der Waals surface area contributed by atoms with Crippen molar-refractivity contribution in [1.82, 2.24) is 19.7 Å². The minimum absolute atomic E-state index is 0.150. The van der Waals surface area contributed by atoms with Gasteiger partial charge in [0, 0.05) is 37.5 Å². The number of piperidine rings is 1. The average Bonchev–Trinajstić information content (AvgIpc) is 3.54. The zero-order valence-electron chi connectivity index (χ0n) is 19.2.